The van der Waals surface area contributed by atoms with Crippen LogP contribution in [0.2, 0.25) is 0 Å². The number of carbonyl (C=O) groups is 2. The SMILES string of the molecule is CCCC1(C(=O)N(CC(=O)O)C2CC2)CCNC1. The Bertz CT molecular complexity index is 333. The van der Waals surface area contributed by atoms with Crippen LogP contribution in [-0.4, -0.2) is 47.6 Å². The number of carbonyl (C=O) groups excluding carboxylic acids is 1. The van der Waals surface area contributed by atoms with E-state index in [1.807, 2.05) is 0 Å². The lowest BCUT2D eigenvalue weighted by Gasteiger charge is -2.33. The fraction of sp³-hybridized carbons (Fsp3) is 0.846. The molecule has 1 heterocycles. The highest BCUT2D eigenvalue weighted by atomic mass is 16.4. The minimum Gasteiger partial charge on any atom is -0.480 e. The largest absolute Gasteiger partial charge is 0.480 e. The summed E-state index contributed by atoms with van der Waals surface area (Å²) in [4.78, 5) is 25.2. The molecule has 0 radical (unpaired) electrons. The maximum atomic E-state index is 12.7. The fourth-order valence-electron chi connectivity index (χ4n) is 2.93. The molecule has 18 heavy (non-hydrogen) atoms. The minimum atomic E-state index is -0.909. The van der Waals surface area contributed by atoms with E-state index in [1.165, 1.54) is 0 Å². The van der Waals surface area contributed by atoms with E-state index in [0.717, 1.165) is 38.6 Å². The van der Waals surface area contributed by atoms with Crippen LogP contribution in [0.15, 0.2) is 0 Å². The molecule has 0 bridgehead atoms. The second-order valence-corrected chi connectivity index (χ2v) is 5.52. The first-order valence-corrected chi connectivity index (χ1v) is 6.82. The van der Waals surface area contributed by atoms with Crippen LogP contribution in [0.4, 0.5) is 0 Å². The van der Waals surface area contributed by atoms with Crippen LogP contribution >= 0.6 is 0 Å². The number of carboxylic acids is 1. The average Bonchev–Trinajstić information content (AvgIpc) is 3.06. The molecule has 0 aromatic rings. The molecular weight excluding hydrogens is 232 g/mol. The van der Waals surface area contributed by atoms with Gasteiger partial charge in [0, 0.05) is 12.6 Å². The third kappa shape index (κ3) is 2.66. The third-order valence-corrected chi connectivity index (χ3v) is 3.98. The van der Waals surface area contributed by atoms with Gasteiger partial charge in [-0.05, 0) is 32.2 Å². The third-order valence-electron chi connectivity index (χ3n) is 3.98. The number of rotatable bonds is 6. The van der Waals surface area contributed by atoms with E-state index >= 15 is 0 Å². The van der Waals surface area contributed by atoms with E-state index in [-0.39, 0.29) is 23.9 Å². The summed E-state index contributed by atoms with van der Waals surface area (Å²) in [6.07, 6.45) is 4.55. The molecule has 2 aliphatic rings. The molecule has 2 N–H and O–H groups in total. The molecule has 0 aromatic carbocycles. The Morgan fingerprint density at radius 3 is 2.61 bits per heavy atom. The van der Waals surface area contributed by atoms with Gasteiger partial charge in [-0.3, -0.25) is 9.59 Å². The maximum Gasteiger partial charge on any atom is 0.323 e. The topological polar surface area (TPSA) is 69.6 Å². The minimum absolute atomic E-state index is 0.0549. The van der Waals surface area contributed by atoms with Gasteiger partial charge in [0.05, 0.1) is 5.41 Å². The lowest BCUT2D eigenvalue weighted by Crippen LogP contribution is -2.48. The van der Waals surface area contributed by atoms with Crippen molar-refractivity contribution in [2.75, 3.05) is 19.6 Å². The molecule has 5 heteroatoms. The summed E-state index contributed by atoms with van der Waals surface area (Å²) >= 11 is 0. The summed E-state index contributed by atoms with van der Waals surface area (Å²) in [5, 5.41) is 12.2. The Kier molecular flexibility index (Phi) is 3.90. The molecule has 2 rings (SSSR count). The highest BCUT2D eigenvalue weighted by Gasteiger charge is 2.46. The van der Waals surface area contributed by atoms with Crippen molar-refractivity contribution in [3.63, 3.8) is 0 Å². The van der Waals surface area contributed by atoms with Crippen LogP contribution in [0, 0.1) is 5.41 Å². The number of hydrogen-bond acceptors (Lipinski definition) is 3. The Morgan fingerprint density at radius 1 is 1.44 bits per heavy atom. The van der Waals surface area contributed by atoms with E-state index in [2.05, 4.69) is 12.2 Å². The Morgan fingerprint density at radius 2 is 2.17 bits per heavy atom. The molecule has 1 aliphatic heterocycles. The summed E-state index contributed by atoms with van der Waals surface area (Å²) in [5.74, 6) is -0.855. The quantitative estimate of drug-likeness (QED) is 0.737. The second-order valence-electron chi connectivity index (χ2n) is 5.52. The maximum absolute atomic E-state index is 12.7. The summed E-state index contributed by atoms with van der Waals surface area (Å²) in [6.45, 7) is 3.49. The van der Waals surface area contributed by atoms with Gasteiger partial charge < -0.3 is 15.3 Å². The summed E-state index contributed by atoms with van der Waals surface area (Å²) in [5.41, 5.74) is -0.354. The van der Waals surface area contributed by atoms with Gasteiger partial charge in [0.1, 0.15) is 6.54 Å². The molecular formula is C13H22N2O3. The average molecular weight is 254 g/mol. The van der Waals surface area contributed by atoms with Gasteiger partial charge in [-0.1, -0.05) is 13.3 Å². The number of aliphatic carboxylic acids is 1. The molecule has 1 amide bonds. The molecule has 1 saturated carbocycles. The van der Waals surface area contributed by atoms with Crippen molar-refractivity contribution in [3.8, 4) is 0 Å². The zero-order valence-electron chi connectivity index (χ0n) is 10.9. The predicted molar refractivity (Wildman–Crippen MR) is 67.2 cm³/mol. The van der Waals surface area contributed by atoms with Crippen LogP contribution in [0.3, 0.4) is 0 Å². The van der Waals surface area contributed by atoms with E-state index in [4.69, 9.17) is 5.11 Å². The van der Waals surface area contributed by atoms with Crippen molar-refractivity contribution in [2.45, 2.75) is 45.1 Å². The van der Waals surface area contributed by atoms with Crippen LogP contribution in [0.25, 0.3) is 0 Å². The van der Waals surface area contributed by atoms with Crippen molar-refractivity contribution in [1.82, 2.24) is 10.2 Å². The van der Waals surface area contributed by atoms with E-state index in [9.17, 15) is 9.59 Å². The molecule has 0 spiro atoms. The van der Waals surface area contributed by atoms with Gasteiger partial charge in [0.25, 0.3) is 0 Å². The molecule has 1 aliphatic carbocycles. The first-order valence-electron chi connectivity index (χ1n) is 6.82. The van der Waals surface area contributed by atoms with E-state index in [1.54, 1.807) is 4.90 Å². The number of carboxylic acid groups (broad SMARTS) is 1. The van der Waals surface area contributed by atoms with Crippen LogP contribution in [-0.2, 0) is 9.59 Å². The smallest absolute Gasteiger partial charge is 0.323 e. The molecule has 102 valence electrons. The normalized spacial score (nSPS) is 27.2. The number of amides is 1. The van der Waals surface area contributed by atoms with Crippen LogP contribution < -0.4 is 5.32 Å². The Labute approximate surface area is 108 Å². The van der Waals surface area contributed by atoms with Gasteiger partial charge in [0.15, 0.2) is 0 Å². The molecule has 1 atom stereocenters. The Balaban J connectivity index is 2.12. The van der Waals surface area contributed by atoms with Crippen molar-refractivity contribution >= 4 is 11.9 Å². The van der Waals surface area contributed by atoms with Crippen molar-refractivity contribution in [1.29, 1.82) is 0 Å². The fourth-order valence-corrected chi connectivity index (χ4v) is 2.93. The first kappa shape index (κ1) is 13.3. The van der Waals surface area contributed by atoms with Crippen molar-refractivity contribution < 1.29 is 14.7 Å². The monoisotopic (exact) mass is 254 g/mol. The van der Waals surface area contributed by atoms with Gasteiger partial charge in [-0.25, -0.2) is 0 Å². The number of nitrogens with one attached hydrogen (secondary N) is 1. The molecule has 1 saturated heterocycles. The van der Waals surface area contributed by atoms with Gasteiger partial charge in [-0.2, -0.15) is 0 Å². The standard InChI is InChI=1S/C13H22N2O3/c1-2-5-13(6-7-14-9-13)12(18)15(8-11(16)17)10-3-4-10/h10,14H,2-9H2,1H3,(H,16,17). The summed E-state index contributed by atoms with van der Waals surface area (Å²) in [7, 11) is 0. The predicted octanol–water partition coefficient (Wildman–Crippen LogP) is 0.842. The molecule has 2 fully saturated rings. The highest BCUT2D eigenvalue weighted by molar-refractivity contribution is 5.87. The molecule has 0 aromatic heterocycles. The summed E-state index contributed by atoms with van der Waals surface area (Å²) < 4.78 is 0. The molecule has 5 nitrogen and oxygen atoms in total. The van der Waals surface area contributed by atoms with Crippen LogP contribution in [0.5, 0.6) is 0 Å². The molecule has 1 unspecified atom stereocenters. The zero-order valence-corrected chi connectivity index (χ0v) is 10.9. The van der Waals surface area contributed by atoms with Gasteiger partial charge in [-0.15, -0.1) is 0 Å². The lowest BCUT2D eigenvalue weighted by atomic mass is 9.81. The Hall–Kier alpha value is -1.10. The van der Waals surface area contributed by atoms with Crippen LogP contribution in [0.1, 0.15) is 39.0 Å². The highest BCUT2D eigenvalue weighted by Crippen LogP contribution is 2.37. The number of hydrogen-bond donors (Lipinski definition) is 2. The van der Waals surface area contributed by atoms with Gasteiger partial charge in [0.2, 0.25) is 5.91 Å². The van der Waals surface area contributed by atoms with Crippen molar-refractivity contribution in [2.24, 2.45) is 5.41 Å². The van der Waals surface area contributed by atoms with Crippen molar-refractivity contribution in [3.05, 3.63) is 0 Å². The second kappa shape index (κ2) is 5.26. The summed E-state index contributed by atoms with van der Waals surface area (Å²) in [6, 6.07) is 0.169. The van der Waals surface area contributed by atoms with E-state index in [0.29, 0.717) is 6.54 Å². The van der Waals surface area contributed by atoms with E-state index < -0.39 is 5.97 Å². The number of nitrogens with zero attached hydrogens (tertiary/aromatic N) is 1. The lowest BCUT2D eigenvalue weighted by molar-refractivity contribution is -0.150. The zero-order chi connectivity index (χ0) is 13.2. The van der Waals surface area contributed by atoms with Gasteiger partial charge >= 0.3 is 5.97 Å². The first-order chi connectivity index (χ1) is 8.59.